The standard InChI is InChI=1S/C12H19F3O/c1-11(2,3)10(16)8-6-4-5-7-9(8)12(13,14)15/h8-9H,4-7H2,1-3H3. The van der Waals surface area contributed by atoms with E-state index in [0.717, 1.165) is 6.42 Å². The van der Waals surface area contributed by atoms with Gasteiger partial charge in [-0.25, -0.2) is 0 Å². The first kappa shape index (κ1) is 13.5. The zero-order valence-electron chi connectivity index (χ0n) is 10.0. The van der Waals surface area contributed by atoms with Gasteiger partial charge in [0.15, 0.2) is 0 Å². The molecule has 0 aromatic carbocycles. The van der Waals surface area contributed by atoms with Crippen LogP contribution in [-0.4, -0.2) is 12.0 Å². The van der Waals surface area contributed by atoms with E-state index < -0.39 is 23.4 Å². The van der Waals surface area contributed by atoms with Gasteiger partial charge in [0, 0.05) is 11.3 Å². The molecule has 0 radical (unpaired) electrons. The van der Waals surface area contributed by atoms with Gasteiger partial charge in [-0.15, -0.1) is 0 Å². The number of Topliss-reactive ketones (excluding diaryl/α,β-unsaturated/α-hetero) is 1. The second-order valence-corrected chi connectivity index (χ2v) is 5.65. The fourth-order valence-electron chi connectivity index (χ4n) is 2.39. The number of hydrogen-bond acceptors (Lipinski definition) is 1. The molecule has 1 aliphatic carbocycles. The van der Waals surface area contributed by atoms with Crippen molar-refractivity contribution in [2.45, 2.75) is 52.6 Å². The summed E-state index contributed by atoms with van der Waals surface area (Å²) in [4.78, 5) is 12.0. The first-order chi connectivity index (χ1) is 7.14. The van der Waals surface area contributed by atoms with Crippen LogP contribution < -0.4 is 0 Å². The van der Waals surface area contributed by atoms with Crippen LogP contribution in [0.15, 0.2) is 0 Å². The van der Waals surface area contributed by atoms with Gasteiger partial charge in [0.05, 0.1) is 5.92 Å². The van der Waals surface area contributed by atoms with Crippen molar-refractivity contribution < 1.29 is 18.0 Å². The van der Waals surface area contributed by atoms with E-state index in [2.05, 4.69) is 0 Å². The first-order valence-corrected chi connectivity index (χ1v) is 5.75. The smallest absolute Gasteiger partial charge is 0.299 e. The Bertz CT molecular complexity index is 262. The fourth-order valence-corrected chi connectivity index (χ4v) is 2.39. The number of ketones is 1. The SMILES string of the molecule is CC(C)(C)C(=O)C1CCCCC1C(F)(F)F. The van der Waals surface area contributed by atoms with Crippen molar-refractivity contribution in [2.24, 2.45) is 17.3 Å². The molecule has 0 aromatic heterocycles. The molecule has 16 heavy (non-hydrogen) atoms. The highest BCUT2D eigenvalue weighted by Crippen LogP contribution is 2.44. The molecule has 0 N–H and O–H groups in total. The maximum atomic E-state index is 12.8. The first-order valence-electron chi connectivity index (χ1n) is 5.75. The van der Waals surface area contributed by atoms with Crippen LogP contribution in [0.3, 0.4) is 0 Å². The molecule has 0 heterocycles. The Kier molecular flexibility index (Phi) is 3.70. The van der Waals surface area contributed by atoms with Crippen LogP contribution in [0.2, 0.25) is 0 Å². The number of carbonyl (C=O) groups excluding carboxylic acids is 1. The van der Waals surface area contributed by atoms with E-state index >= 15 is 0 Å². The van der Waals surface area contributed by atoms with Gasteiger partial charge in [-0.2, -0.15) is 13.2 Å². The van der Waals surface area contributed by atoms with Gasteiger partial charge in [-0.05, 0) is 12.8 Å². The Morgan fingerprint density at radius 1 is 1.06 bits per heavy atom. The summed E-state index contributed by atoms with van der Waals surface area (Å²) in [5.41, 5.74) is -0.675. The third kappa shape index (κ3) is 2.98. The summed E-state index contributed by atoms with van der Waals surface area (Å²) in [6.07, 6.45) is -2.42. The lowest BCUT2D eigenvalue weighted by Gasteiger charge is -2.35. The summed E-state index contributed by atoms with van der Waals surface area (Å²) < 4.78 is 38.4. The maximum absolute atomic E-state index is 12.8. The molecule has 94 valence electrons. The maximum Gasteiger partial charge on any atom is 0.392 e. The third-order valence-corrected chi connectivity index (χ3v) is 3.26. The van der Waals surface area contributed by atoms with Gasteiger partial charge in [0.2, 0.25) is 0 Å². The Morgan fingerprint density at radius 2 is 1.56 bits per heavy atom. The largest absolute Gasteiger partial charge is 0.392 e. The summed E-state index contributed by atoms with van der Waals surface area (Å²) in [5, 5.41) is 0. The van der Waals surface area contributed by atoms with Crippen molar-refractivity contribution in [1.82, 2.24) is 0 Å². The van der Waals surface area contributed by atoms with Gasteiger partial charge in [0.1, 0.15) is 5.78 Å². The zero-order valence-corrected chi connectivity index (χ0v) is 10.0. The van der Waals surface area contributed by atoms with Crippen molar-refractivity contribution in [2.75, 3.05) is 0 Å². The minimum Gasteiger partial charge on any atom is -0.299 e. The van der Waals surface area contributed by atoms with Crippen LogP contribution >= 0.6 is 0 Å². The zero-order chi connectivity index (χ0) is 12.6. The van der Waals surface area contributed by atoms with E-state index in [1.807, 2.05) is 0 Å². The molecular formula is C12H19F3O. The molecule has 1 nitrogen and oxygen atoms in total. The van der Waals surface area contributed by atoms with Crippen LogP contribution in [-0.2, 0) is 4.79 Å². The Labute approximate surface area is 94.4 Å². The lowest BCUT2D eigenvalue weighted by atomic mass is 9.70. The van der Waals surface area contributed by atoms with Crippen molar-refractivity contribution in [3.63, 3.8) is 0 Å². The summed E-state index contributed by atoms with van der Waals surface area (Å²) >= 11 is 0. The molecule has 0 aliphatic heterocycles. The second kappa shape index (κ2) is 4.38. The van der Waals surface area contributed by atoms with Gasteiger partial charge >= 0.3 is 6.18 Å². The molecule has 1 aliphatic rings. The number of carbonyl (C=O) groups is 1. The van der Waals surface area contributed by atoms with E-state index in [1.54, 1.807) is 20.8 Å². The normalized spacial score (nSPS) is 27.9. The van der Waals surface area contributed by atoms with E-state index in [0.29, 0.717) is 12.8 Å². The Balaban J connectivity index is 2.87. The Morgan fingerprint density at radius 3 is 2.00 bits per heavy atom. The monoisotopic (exact) mass is 236 g/mol. The van der Waals surface area contributed by atoms with Crippen LogP contribution in [0.5, 0.6) is 0 Å². The Hall–Kier alpha value is -0.540. The average molecular weight is 236 g/mol. The molecule has 0 amide bonds. The predicted octanol–water partition coefficient (Wildman–Crippen LogP) is 3.97. The molecule has 0 spiro atoms. The highest BCUT2D eigenvalue weighted by Gasteiger charge is 2.49. The topological polar surface area (TPSA) is 17.1 Å². The quantitative estimate of drug-likeness (QED) is 0.673. The molecular weight excluding hydrogens is 217 g/mol. The van der Waals surface area contributed by atoms with Crippen LogP contribution in [0.1, 0.15) is 46.5 Å². The van der Waals surface area contributed by atoms with Crippen molar-refractivity contribution >= 4 is 5.78 Å². The number of alkyl halides is 3. The van der Waals surface area contributed by atoms with E-state index in [4.69, 9.17) is 0 Å². The van der Waals surface area contributed by atoms with Gasteiger partial charge in [-0.1, -0.05) is 33.6 Å². The average Bonchev–Trinajstić information content (AvgIpc) is 2.14. The fraction of sp³-hybridized carbons (Fsp3) is 0.917. The molecule has 2 atom stereocenters. The predicted molar refractivity (Wildman–Crippen MR) is 56.0 cm³/mol. The molecule has 1 fully saturated rings. The lowest BCUT2D eigenvalue weighted by Crippen LogP contribution is -2.41. The van der Waals surface area contributed by atoms with E-state index in [9.17, 15) is 18.0 Å². The lowest BCUT2D eigenvalue weighted by molar-refractivity contribution is -0.199. The van der Waals surface area contributed by atoms with Gasteiger partial charge in [-0.3, -0.25) is 4.79 Å². The molecule has 0 aromatic rings. The molecule has 0 bridgehead atoms. The number of halogens is 3. The van der Waals surface area contributed by atoms with Crippen LogP contribution in [0, 0.1) is 17.3 Å². The highest BCUT2D eigenvalue weighted by molar-refractivity contribution is 5.86. The second-order valence-electron chi connectivity index (χ2n) is 5.65. The summed E-state index contributed by atoms with van der Waals surface area (Å²) in [6.45, 7) is 5.08. The van der Waals surface area contributed by atoms with E-state index in [1.165, 1.54) is 0 Å². The number of rotatable bonds is 1. The highest BCUT2D eigenvalue weighted by atomic mass is 19.4. The van der Waals surface area contributed by atoms with Crippen molar-refractivity contribution in [3.05, 3.63) is 0 Å². The minimum absolute atomic E-state index is 0.107. The minimum atomic E-state index is -4.23. The van der Waals surface area contributed by atoms with Crippen molar-refractivity contribution in [1.29, 1.82) is 0 Å². The molecule has 1 rings (SSSR count). The third-order valence-electron chi connectivity index (χ3n) is 3.26. The van der Waals surface area contributed by atoms with Crippen LogP contribution in [0.4, 0.5) is 13.2 Å². The van der Waals surface area contributed by atoms with Gasteiger partial charge in [0.25, 0.3) is 0 Å². The molecule has 2 unspecified atom stereocenters. The summed E-state index contributed by atoms with van der Waals surface area (Å²) in [7, 11) is 0. The summed E-state index contributed by atoms with van der Waals surface area (Å²) in [6, 6.07) is 0. The molecule has 4 heteroatoms. The van der Waals surface area contributed by atoms with Crippen molar-refractivity contribution in [3.8, 4) is 0 Å². The summed E-state index contributed by atoms with van der Waals surface area (Å²) in [5.74, 6) is -2.49. The molecule has 0 saturated heterocycles. The van der Waals surface area contributed by atoms with Gasteiger partial charge < -0.3 is 0 Å². The van der Waals surface area contributed by atoms with E-state index in [-0.39, 0.29) is 12.2 Å². The number of hydrogen-bond donors (Lipinski definition) is 0. The van der Waals surface area contributed by atoms with Crippen LogP contribution in [0.25, 0.3) is 0 Å². The molecule has 1 saturated carbocycles.